The van der Waals surface area contributed by atoms with Gasteiger partial charge in [-0.3, -0.25) is 14.6 Å². The van der Waals surface area contributed by atoms with Gasteiger partial charge in [-0.2, -0.15) is 13.2 Å². The van der Waals surface area contributed by atoms with Gasteiger partial charge >= 0.3 is 12.1 Å². The zero-order chi connectivity index (χ0) is 21.9. The first kappa shape index (κ1) is 21.3. The molecule has 0 aliphatic heterocycles. The van der Waals surface area contributed by atoms with Crippen LogP contribution in [0, 0.1) is 6.92 Å². The fourth-order valence-electron chi connectivity index (χ4n) is 3.11. The molecule has 0 spiro atoms. The second-order valence-electron chi connectivity index (χ2n) is 6.79. The summed E-state index contributed by atoms with van der Waals surface area (Å²) in [5.41, 5.74) is 2.64. The molecule has 0 aliphatic carbocycles. The highest BCUT2D eigenvalue weighted by Crippen LogP contribution is 2.22. The number of para-hydroxylation sites is 1. The topological polar surface area (TPSA) is 62.3 Å². The van der Waals surface area contributed by atoms with E-state index in [0.29, 0.717) is 27.4 Å². The normalized spacial score (nSPS) is 11.4. The fourth-order valence-corrected chi connectivity index (χ4v) is 3.11. The lowest BCUT2D eigenvalue weighted by Crippen LogP contribution is -2.40. The number of halogens is 3. The van der Waals surface area contributed by atoms with Gasteiger partial charge in [0.15, 0.2) is 0 Å². The average Bonchev–Trinajstić information content (AvgIpc) is 2.70. The number of carbonyl (C=O) groups is 2. The van der Waals surface area contributed by atoms with Crippen molar-refractivity contribution in [2.75, 3.05) is 11.9 Å². The molecule has 5 nitrogen and oxygen atoms in total. The number of benzene rings is 2. The number of amides is 2. The number of nitrogens with one attached hydrogen (secondary N) is 1. The van der Waals surface area contributed by atoms with E-state index in [1.165, 1.54) is 6.92 Å². The van der Waals surface area contributed by atoms with Gasteiger partial charge in [0.05, 0.1) is 16.8 Å². The maximum absolute atomic E-state index is 12.7. The molecule has 30 heavy (non-hydrogen) atoms. The Kier molecular flexibility index (Phi) is 6.05. The van der Waals surface area contributed by atoms with Gasteiger partial charge in [0.2, 0.25) is 0 Å². The number of nitrogens with zero attached hydrogens (tertiary/aromatic N) is 2. The van der Waals surface area contributed by atoms with E-state index in [0.717, 1.165) is 10.9 Å². The summed E-state index contributed by atoms with van der Waals surface area (Å²) >= 11 is 0. The third kappa shape index (κ3) is 4.76. The van der Waals surface area contributed by atoms with Crippen molar-refractivity contribution >= 4 is 28.4 Å². The molecule has 2 aromatic carbocycles. The molecule has 0 saturated heterocycles. The molecule has 0 radical (unpaired) electrons. The van der Waals surface area contributed by atoms with E-state index < -0.39 is 12.1 Å². The van der Waals surface area contributed by atoms with Crippen LogP contribution in [0.15, 0.2) is 54.6 Å². The largest absolute Gasteiger partial charge is 0.471 e. The van der Waals surface area contributed by atoms with Crippen LogP contribution in [0.2, 0.25) is 0 Å². The van der Waals surface area contributed by atoms with E-state index in [1.54, 1.807) is 37.3 Å². The van der Waals surface area contributed by atoms with Crippen molar-refractivity contribution in [3.63, 3.8) is 0 Å². The first-order chi connectivity index (χ1) is 14.2. The van der Waals surface area contributed by atoms with E-state index in [9.17, 15) is 22.8 Å². The number of aryl methyl sites for hydroxylation is 1. The summed E-state index contributed by atoms with van der Waals surface area (Å²) in [6.07, 6.45) is -4.93. The van der Waals surface area contributed by atoms with Crippen LogP contribution in [0.1, 0.15) is 28.5 Å². The van der Waals surface area contributed by atoms with E-state index in [4.69, 9.17) is 0 Å². The first-order valence-corrected chi connectivity index (χ1v) is 9.32. The highest BCUT2D eigenvalue weighted by atomic mass is 19.4. The van der Waals surface area contributed by atoms with Crippen LogP contribution in [-0.4, -0.2) is 34.4 Å². The number of hydrogen-bond donors (Lipinski definition) is 1. The van der Waals surface area contributed by atoms with Crippen molar-refractivity contribution in [3.8, 4) is 0 Å². The Hall–Kier alpha value is -3.42. The zero-order valence-electron chi connectivity index (χ0n) is 16.5. The molecule has 0 atom stereocenters. The van der Waals surface area contributed by atoms with Crippen LogP contribution in [0.3, 0.4) is 0 Å². The summed E-state index contributed by atoms with van der Waals surface area (Å²) in [7, 11) is 0. The highest BCUT2D eigenvalue weighted by Gasteiger charge is 2.41. The van der Waals surface area contributed by atoms with Gasteiger partial charge in [-0.15, -0.1) is 0 Å². The average molecular weight is 415 g/mol. The minimum atomic E-state index is -4.93. The third-order valence-corrected chi connectivity index (χ3v) is 4.63. The van der Waals surface area contributed by atoms with Crippen LogP contribution in [0.25, 0.3) is 10.9 Å². The van der Waals surface area contributed by atoms with E-state index in [-0.39, 0.29) is 19.0 Å². The molecular formula is C22H20F3N3O2. The SMILES string of the molecule is CCN(Cc1cccc(NC(=O)c2cc3ccccc3nc2C)c1)C(=O)C(F)(F)F. The molecule has 8 heteroatoms. The molecule has 1 aromatic heterocycles. The van der Waals surface area contributed by atoms with Gasteiger partial charge in [0.1, 0.15) is 0 Å². The molecule has 0 saturated carbocycles. The quantitative estimate of drug-likeness (QED) is 0.657. The van der Waals surface area contributed by atoms with E-state index >= 15 is 0 Å². The fraction of sp³-hybridized carbons (Fsp3) is 0.227. The van der Waals surface area contributed by atoms with Crippen molar-refractivity contribution in [1.82, 2.24) is 9.88 Å². The number of aromatic nitrogens is 1. The highest BCUT2D eigenvalue weighted by molar-refractivity contribution is 6.06. The molecule has 0 unspecified atom stereocenters. The van der Waals surface area contributed by atoms with Gasteiger partial charge in [-0.05, 0) is 43.7 Å². The Morgan fingerprint density at radius 1 is 1.07 bits per heavy atom. The van der Waals surface area contributed by atoms with Crippen LogP contribution >= 0.6 is 0 Å². The Morgan fingerprint density at radius 2 is 1.80 bits per heavy atom. The van der Waals surface area contributed by atoms with Crippen LogP contribution in [-0.2, 0) is 11.3 Å². The zero-order valence-corrected chi connectivity index (χ0v) is 16.5. The smallest absolute Gasteiger partial charge is 0.331 e. The standard InChI is InChI=1S/C22H20F3N3O2/c1-3-28(21(30)22(23,24)25)13-15-7-6-9-17(11-15)27-20(29)18-12-16-8-4-5-10-19(16)26-14(18)2/h4-12H,3,13H2,1-2H3,(H,27,29). The van der Waals surface area contributed by atoms with Gasteiger partial charge in [-0.25, -0.2) is 0 Å². The molecule has 0 aliphatic rings. The molecular weight excluding hydrogens is 395 g/mol. The summed E-state index contributed by atoms with van der Waals surface area (Å²) < 4.78 is 38.2. The maximum Gasteiger partial charge on any atom is 0.471 e. The Morgan fingerprint density at radius 3 is 2.50 bits per heavy atom. The lowest BCUT2D eigenvalue weighted by molar-refractivity contribution is -0.185. The number of fused-ring (bicyclic) bond motifs is 1. The predicted molar refractivity (Wildman–Crippen MR) is 108 cm³/mol. The van der Waals surface area contributed by atoms with Gasteiger partial charge in [0, 0.05) is 24.2 Å². The van der Waals surface area contributed by atoms with Gasteiger partial charge in [-0.1, -0.05) is 30.3 Å². The van der Waals surface area contributed by atoms with Crippen LogP contribution < -0.4 is 5.32 Å². The number of carbonyl (C=O) groups excluding carboxylic acids is 2. The molecule has 156 valence electrons. The third-order valence-electron chi connectivity index (χ3n) is 4.63. The summed E-state index contributed by atoms with van der Waals surface area (Å²) in [4.78, 5) is 29.4. The number of rotatable bonds is 5. The molecule has 2 amide bonds. The maximum atomic E-state index is 12.7. The molecule has 0 bridgehead atoms. The van der Waals surface area contributed by atoms with Crippen molar-refractivity contribution < 1.29 is 22.8 Å². The van der Waals surface area contributed by atoms with Gasteiger partial charge in [0.25, 0.3) is 5.91 Å². The number of anilines is 1. The summed E-state index contributed by atoms with van der Waals surface area (Å²) in [6, 6.07) is 15.6. The van der Waals surface area contributed by atoms with Crippen molar-refractivity contribution in [2.45, 2.75) is 26.6 Å². The van der Waals surface area contributed by atoms with E-state index in [2.05, 4.69) is 10.3 Å². The van der Waals surface area contributed by atoms with E-state index in [1.807, 2.05) is 24.3 Å². The second-order valence-corrected chi connectivity index (χ2v) is 6.79. The summed E-state index contributed by atoms with van der Waals surface area (Å²) in [6.45, 7) is 2.91. The molecule has 0 fully saturated rings. The Balaban J connectivity index is 1.79. The number of pyridine rings is 1. The lowest BCUT2D eigenvalue weighted by Gasteiger charge is -2.22. The van der Waals surface area contributed by atoms with Crippen LogP contribution in [0.4, 0.5) is 18.9 Å². The van der Waals surface area contributed by atoms with Gasteiger partial charge < -0.3 is 10.2 Å². The number of alkyl halides is 3. The van der Waals surface area contributed by atoms with Crippen molar-refractivity contribution in [2.24, 2.45) is 0 Å². The Bertz CT molecular complexity index is 1100. The monoisotopic (exact) mass is 415 g/mol. The van der Waals surface area contributed by atoms with Crippen molar-refractivity contribution in [1.29, 1.82) is 0 Å². The number of hydrogen-bond acceptors (Lipinski definition) is 3. The van der Waals surface area contributed by atoms with Crippen LogP contribution in [0.5, 0.6) is 0 Å². The molecule has 3 rings (SSSR count). The minimum absolute atomic E-state index is 0.0864. The summed E-state index contributed by atoms with van der Waals surface area (Å²) in [5.74, 6) is -2.26. The summed E-state index contributed by atoms with van der Waals surface area (Å²) in [5, 5.41) is 3.58. The second kappa shape index (κ2) is 8.52. The lowest BCUT2D eigenvalue weighted by atomic mass is 10.1. The van der Waals surface area contributed by atoms with Crippen molar-refractivity contribution in [3.05, 3.63) is 71.4 Å². The predicted octanol–water partition coefficient (Wildman–Crippen LogP) is 4.71. The molecule has 3 aromatic rings. The molecule has 1 N–H and O–H groups in total. The first-order valence-electron chi connectivity index (χ1n) is 9.32. The molecule has 1 heterocycles. The Labute approximate surface area is 171 Å². The minimum Gasteiger partial charge on any atom is -0.331 e.